The lowest BCUT2D eigenvalue weighted by Gasteiger charge is -2.36. The molecule has 3 aromatic rings. The first-order chi connectivity index (χ1) is 17.0. The summed E-state index contributed by atoms with van der Waals surface area (Å²) in [5, 5.41) is 30.3. The highest BCUT2D eigenvalue weighted by Crippen LogP contribution is 2.40. The van der Waals surface area contributed by atoms with Gasteiger partial charge in [0.1, 0.15) is 17.3 Å². The van der Waals surface area contributed by atoms with E-state index in [9.17, 15) is 4.39 Å². The van der Waals surface area contributed by atoms with Crippen molar-refractivity contribution in [2.24, 2.45) is 0 Å². The lowest BCUT2D eigenvalue weighted by molar-refractivity contribution is 0.163. The Hall–Kier alpha value is -2.53. The molecule has 0 amide bonds. The van der Waals surface area contributed by atoms with Crippen molar-refractivity contribution >= 4 is 34.7 Å². The number of rotatable bonds is 6. The summed E-state index contributed by atoms with van der Waals surface area (Å²) in [5.41, 5.74) is 1.91. The van der Waals surface area contributed by atoms with Crippen LogP contribution in [0.25, 0.3) is 11.5 Å². The van der Waals surface area contributed by atoms with E-state index in [4.69, 9.17) is 28.3 Å². The zero-order chi connectivity index (χ0) is 24.5. The molecule has 186 valence electrons. The average molecular weight is 521 g/mol. The SMILES string of the molecule is C[C@H](c1c(Cl)ccc(F)c1Cl)N1CCNc2nnc(-c3nnc(C4CCN(CCO)CC4)[nH]3)cc21. The molecular weight excluding hydrogens is 494 g/mol. The van der Waals surface area contributed by atoms with E-state index in [2.05, 4.69) is 40.5 Å². The first-order valence-electron chi connectivity index (χ1n) is 11.7. The zero-order valence-electron chi connectivity index (χ0n) is 19.3. The summed E-state index contributed by atoms with van der Waals surface area (Å²) in [5.74, 6) is 1.80. The number of nitrogens with one attached hydrogen (secondary N) is 2. The number of aliphatic hydroxyl groups is 1. The smallest absolute Gasteiger partial charge is 0.181 e. The molecule has 0 spiro atoms. The molecule has 2 aromatic heterocycles. The number of piperidine rings is 1. The van der Waals surface area contributed by atoms with Gasteiger partial charge in [0.25, 0.3) is 0 Å². The minimum Gasteiger partial charge on any atom is -0.395 e. The van der Waals surface area contributed by atoms with Crippen molar-refractivity contribution in [1.29, 1.82) is 0 Å². The van der Waals surface area contributed by atoms with Crippen molar-refractivity contribution in [2.75, 3.05) is 49.5 Å². The van der Waals surface area contributed by atoms with Gasteiger partial charge in [0.15, 0.2) is 11.6 Å². The van der Waals surface area contributed by atoms with Crippen LogP contribution in [0.1, 0.15) is 43.1 Å². The van der Waals surface area contributed by atoms with E-state index in [0.29, 0.717) is 47.6 Å². The van der Waals surface area contributed by atoms with Gasteiger partial charge in [-0.3, -0.25) is 0 Å². The molecule has 3 N–H and O–H groups in total. The first kappa shape index (κ1) is 24.2. The molecule has 5 rings (SSSR count). The average Bonchev–Trinajstić information content (AvgIpc) is 3.37. The minimum atomic E-state index is -0.502. The number of halogens is 3. The third-order valence-corrected chi connectivity index (χ3v) is 7.54. The Kier molecular flexibility index (Phi) is 7.06. The predicted octanol–water partition coefficient (Wildman–Crippen LogP) is 3.87. The van der Waals surface area contributed by atoms with Crippen LogP contribution in [0.2, 0.25) is 10.0 Å². The summed E-state index contributed by atoms with van der Waals surface area (Å²) >= 11 is 12.7. The molecule has 0 unspecified atom stereocenters. The third kappa shape index (κ3) is 4.80. The number of β-amino-alcohol motifs (C(OH)–C–C–N with tert-alkyl or cyclic N) is 1. The van der Waals surface area contributed by atoms with Crippen molar-refractivity contribution in [2.45, 2.75) is 31.7 Å². The Morgan fingerprint density at radius 3 is 2.71 bits per heavy atom. The van der Waals surface area contributed by atoms with Crippen LogP contribution in [-0.4, -0.2) is 74.7 Å². The van der Waals surface area contributed by atoms with Gasteiger partial charge in [0.2, 0.25) is 0 Å². The largest absolute Gasteiger partial charge is 0.395 e. The van der Waals surface area contributed by atoms with Crippen LogP contribution in [0.3, 0.4) is 0 Å². The van der Waals surface area contributed by atoms with Gasteiger partial charge in [0, 0.05) is 36.1 Å². The minimum absolute atomic E-state index is 0.0252. The second-order valence-electron chi connectivity index (χ2n) is 8.91. The number of benzene rings is 1. The van der Waals surface area contributed by atoms with Crippen molar-refractivity contribution < 1.29 is 9.50 Å². The number of aliphatic hydroxyl groups excluding tert-OH is 1. The summed E-state index contributed by atoms with van der Waals surface area (Å²) < 4.78 is 14.2. The van der Waals surface area contributed by atoms with Crippen LogP contribution < -0.4 is 10.2 Å². The molecule has 1 fully saturated rings. The van der Waals surface area contributed by atoms with Crippen LogP contribution in [0.4, 0.5) is 15.9 Å². The maximum Gasteiger partial charge on any atom is 0.181 e. The number of hydrogen-bond donors (Lipinski definition) is 3. The van der Waals surface area contributed by atoms with E-state index in [1.54, 1.807) is 0 Å². The van der Waals surface area contributed by atoms with E-state index in [1.807, 2.05) is 13.0 Å². The maximum absolute atomic E-state index is 14.2. The number of likely N-dealkylation sites (tertiary alicyclic amines) is 1. The molecule has 0 radical (unpaired) electrons. The van der Waals surface area contributed by atoms with E-state index in [0.717, 1.165) is 37.4 Å². The molecule has 1 aromatic carbocycles. The number of fused-ring (bicyclic) bond motifs is 1. The van der Waals surface area contributed by atoms with E-state index >= 15 is 0 Å². The van der Waals surface area contributed by atoms with Crippen molar-refractivity contribution in [3.63, 3.8) is 0 Å². The van der Waals surface area contributed by atoms with E-state index in [-0.39, 0.29) is 23.6 Å². The molecule has 1 saturated heterocycles. The van der Waals surface area contributed by atoms with E-state index in [1.165, 1.54) is 12.1 Å². The Morgan fingerprint density at radius 2 is 1.94 bits per heavy atom. The quantitative estimate of drug-likeness (QED) is 0.420. The van der Waals surface area contributed by atoms with Crippen molar-refractivity contribution in [3.05, 3.63) is 45.4 Å². The summed E-state index contributed by atoms with van der Waals surface area (Å²) in [6.45, 7) is 5.96. The van der Waals surface area contributed by atoms with Gasteiger partial charge in [-0.2, -0.15) is 0 Å². The lowest BCUT2D eigenvalue weighted by atomic mass is 9.96. The molecule has 2 aliphatic rings. The van der Waals surface area contributed by atoms with Crippen LogP contribution >= 0.6 is 23.2 Å². The summed E-state index contributed by atoms with van der Waals surface area (Å²) in [6.07, 6.45) is 1.91. The Labute approximate surface area is 212 Å². The van der Waals surface area contributed by atoms with Gasteiger partial charge in [-0.1, -0.05) is 23.2 Å². The molecule has 4 heterocycles. The molecule has 9 nitrogen and oxygen atoms in total. The van der Waals surface area contributed by atoms with Gasteiger partial charge >= 0.3 is 0 Å². The number of aromatic amines is 1. The third-order valence-electron chi connectivity index (χ3n) is 6.83. The highest BCUT2D eigenvalue weighted by Gasteiger charge is 2.29. The van der Waals surface area contributed by atoms with Crippen LogP contribution in [0, 0.1) is 5.82 Å². The second kappa shape index (κ2) is 10.2. The standard InChI is InChI=1S/C23H27Cl2FN8O/c1-13(19-15(24)2-3-16(26)20(19)25)34-9-6-27-23-18(34)12-17(29-32-23)22-28-21(30-31-22)14-4-7-33(8-5-14)10-11-35/h2-3,12-14,35H,4-11H2,1H3,(H,27,32)(H,28,30,31)/t13-/m1/s1. The lowest BCUT2D eigenvalue weighted by Crippen LogP contribution is -2.37. The molecule has 0 aliphatic carbocycles. The van der Waals surface area contributed by atoms with Crippen LogP contribution in [0.5, 0.6) is 0 Å². The molecule has 1 atom stereocenters. The van der Waals surface area contributed by atoms with Gasteiger partial charge < -0.3 is 25.2 Å². The Balaban J connectivity index is 1.40. The molecule has 0 bridgehead atoms. The number of aromatic nitrogens is 5. The fourth-order valence-corrected chi connectivity index (χ4v) is 5.57. The highest BCUT2D eigenvalue weighted by molar-refractivity contribution is 6.36. The normalized spacial score (nSPS) is 17.8. The fourth-order valence-electron chi connectivity index (χ4n) is 4.89. The van der Waals surface area contributed by atoms with Gasteiger partial charge in [-0.15, -0.1) is 20.4 Å². The molecular formula is C23H27Cl2FN8O. The van der Waals surface area contributed by atoms with Crippen molar-refractivity contribution in [1.82, 2.24) is 30.3 Å². The monoisotopic (exact) mass is 520 g/mol. The number of H-pyrrole nitrogens is 1. The molecule has 2 aliphatic heterocycles. The molecule has 12 heteroatoms. The van der Waals surface area contributed by atoms with Crippen LogP contribution in [0.15, 0.2) is 18.2 Å². The Bertz CT molecular complexity index is 1200. The number of anilines is 2. The van der Waals surface area contributed by atoms with Gasteiger partial charge in [-0.05, 0) is 51.1 Å². The number of nitrogens with zero attached hydrogens (tertiary/aromatic N) is 6. The van der Waals surface area contributed by atoms with Crippen molar-refractivity contribution in [3.8, 4) is 11.5 Å². The fraction of sp³-hybridized carbons (Fsp3) is 0.478. The summed E-state index contributed by atoms with van der Waals surface area (Å²) in [4.78, 5) is 7.67. The maximum atomic E-state index is 14.2. The molecule has 35 heavy (non-hydrogen) atoms. The Morgan fingerprint density at radius 1 is 1.14 bits per heavy atom. The van der Waals surface area contributed by atoms with Gasteiger partial charge in [0.05, 0.1) is 23.4 Å². The van der Waals surface area contributed by atoms with Gasteiger partial charge in [-0.25, -0.2) is 4.39 Å². The first-order valence-corrected chi connectivity index (χ1v) is 12.5. The topological polar surface area (TPSA) is 106 Å². The highest BCUT2D eigenvalue weighted by atomic mass is 35.5. The zero-order valence-corrected chi connectivity index (χ0v) is 20.8. The predicted molar refractivity (Wildman–Crippen MR) is 134 cm³/mol. The second-order valence-corrected chi connectivity index (χ2v) is 9.70. The van der Waals surface area contributed by atoms with Crippen LogP contribution in [-0.2, 0) is 0 Å². The van der Waals surface area contributed by atoms with E-state index < -0.39 is 5.82 Å². The number of hydrogen-bond acceptors (Lipinski definition) is 8. The molecule has 0 saturated carbocycles. The summed E-state index contributed by atoms with van der Waals surface area (Å²) in [6, 6.07) is 4.41. The summed E-state index contributed by atoms with van der Waals surface area (Å²) in [7, 11) is 0.